The van der Waals surface area contributed by atoms with Gasteiger partial charge in [0.05, 0.1) is 19.0 Å². The number of ether oxygens (including phenoxy) is 1. The summed E-state index contributed by atoms with van der Waals surface area (Å²) in [5.41, 5.74) is 0.480. The van der Waals surface area contributed by atoms with E-state index in [-0.39, 0.29) is 11.7 Å². The van der Waals surface area contributed by atoms with Gasteiger partial charge in [-0.3, -0.25) is 4.79 Å². The fraction of sp³-hybridized carbons (Fsp3) is 0.364. The van der Waals surface area contributed by atoms with Gasteiger partial charge in [0.15, 0.2) is 0 Å². The van der Waals surface area contributed by atoms with Crippen molar-refractivity contribution in [3.8, 4) is 0 Å². The molecule has 0 amide bonds. The van der Waals surface area contributed by atoms with Crippen LogP contribution in [0.1, 0.15) is 18.6 Å². The summed E-state index contributed by atoms with van der Waals surface area (Å²) >= 11 is 1.22. The van der Waals surface area contributed by atoms with Gasteiger partial charge in [0, 0.05) is 4.90 Å². The molecule has 0 heterocycles. The second-order valence-electron chi connectivity index (χ2n) is 3.22. The maximum Gasteiger partial charge on any atom is 0.315 e. The van der Waals surface area contributed by atoms with Crippen LogP contribution in [-0.4, -0.2) is 23.9 Å². The number of thioether (sulfide) groups is 1. The summed E-state index contributed by atoms with van der Waals surface area (Å²) in [4.78, 5) is 11.6. The lowest BCUT2D eigenvalue weighted by Gasteiger charge is -2.11. The third kappa shape index (κ3) is 3.50. The highest BCUT2D eigenvalue weighted by atomic mass is 32.2. The van der Waals surface area contributed by atoms with E-state index in [1.165, 1.54) is 31.0 Å². The average Bonchev–Trinajstić information content (AvgIpc) is 2.26. The highest BCUT2D eigenvalue weighted by Crippen LogP contribution is 2.28. The Labute approximate surface area is 97.6 Å². The molecular formula is C11H13FO3S. The van der Waals surface area contributed by atoms with Gasteiger partial charge in [-0.2, -0.15) is 0 Å². The molecule has 0 saturated heterocycles. The number of benzene rings is 1. The highest BCUT2D eigenvalue weighted by Gasteiger charge is 2.11. The van der Waals surface area contributed by atoms with E-state index in [1.807, 2.05) is 0 Å². The van der Waals surface area contributed by atoms with Crippen molar-refractivity contribution in [2.75, 3.05) is 12.9 Å². The van der Waals surface area contributed by atoms with Crippen molar-refractivity contribution < 1.29 is 19.0 Å². The largest absolute Gasteiger partial charge is 0.468 e. The molecule has 0 aliphatic rings. The molecule has 1 aromatic rings. The molecule has 1 rings (SSSR count). The number of esters is 1. The number of carbonyl (C=O) groups is 1. The summed E-state index contributed by atoms with van der Waals surface area (Å²) in [6.07, 6.45) is -0.768. The SMILES string of the molecule is COC(=O)CSc1ccc(F)cc1C(C)O. The zero-order valence-corrected chi connectivity index (χ0v) is 9.88. The summed E-state index contributed by atoms with van der Waals surface area (Å²) < 4.78 is 17.5. The maximum atomic E-state index is 13.0. The molecule has 0 aliphatic heterocycles. The fourth-order valence-corrected chi connectivity index (χ4v) is 2.12. The third-order valence-corrected chi connectivity index (χ3v) is 3.06. The van der Waals surface area contributed by atoms with E-state index in [1.54, 1.807) is 13.0 Å². The van der Waals surface area contributed by atoms with Crippen molar-refractivity contribution in [3.05, 3.63) is 29.6 Å². The van der Waals surface area contributed by atoms with E-state index < -0.39 is 11.9 Å². The lowest BCUT2D eigenvalue weighted by atomic mass is 10.1. The zero-order valence-electron chi connectivity index (χ0n) is 9.07. The number of aliphatic hydroxyl groups excluding tert-OH is 1. The lowest BCUT2D eigenvalue weighted by molar-refractivity contribution is -0.137. The quantitative estimate of drug-likeness (QED) is 0.651. The van der Waals surface area contributed by atoms with Crippen molar-refractivity contribution >= 4 is 17.7 Å². The van der Waals surface area contributed by atoms with Crippen molar-refractivity contribution in [3.63, 3.8) is 0 Å². The smallest absolute Gasteiger partial charge is 0.315 e. The molecular weight excluding hydrogens is 231 g/mol. The summed E-state index contributed by atoms with van der Waals surface area (Å²) in [7, 11) is 1.31. The van der Waals surface area contributed by atoms with E-state index in [4.69, 9.17) is 0 Å². The number of carbonyl (C=O) groups excluding carboxylic acids is 1. The number of methoxy groups -OCH3 is 1. The predicted octanol–water partition coefficient (Wildman–Crippen LogP) is 2.14. The van der Waals surface area contributed by atoms with Crippen LogP contribution in [0.15, 0.2) is 23.1 Å². The van der Waals surface area contributed by atoms with Gasteiger partial charge < -0.3 is 9.84 Å². The van der Waals surface area contributed by atoms with Gasteiger partial charge in [-0.15, -0.1) is 11.8 Å². The molecule has 0 aliphatic carbocycles. The first-order valence-electron chi connectivity index (χ1n) is 4.71. The van der Waals surface area contributed by atoms with Crippen LogP contribution in [0.5, 0.6) is 0 Å². The first-order chi connectivity index (χ1) is 7.54. The Morgan fingerprint density at radius 1 is 1.62 bits per heavy atom. The molecule has 16 heavy (non-hydrogen) atoms. The standard InChI is InChI=1S/C11H13FO3S/c1-7(13)9-5-8(12)3-4-10(9)16-6-11(14)15-2/h3-5,7,13H,6H2,1-2H3. The molecule has 5 heteroatoms. The summed E-state index contributed by atoms with van der Waals surface area (Å²) in [6, 6.07) is 4.11. The van der Waals surface area contributed by atoms with E-state index in [0.29, 0.717) is 10.5 Å². The molecule has 0 spiro atoms. The van der Waals surface area contributed by atoms with E-state index in [9.17, 15) is 14.3 Å². The molecule has 3 nitrogen and oxygen atoms in total. The summed E-state index contributed by atoms with van der Waals surface area (Å²) in [5, 5.41) is 9.46. The van der Waals surface area contributed by atoms with Crippen LogP contribution in [0.25, 0.3) is 0 Å². The minimum atomic E-state index is -0.768. The molecule has 1 unspecified atom stereocenters. The number of rotatable bonds is 4. The van der Waals surface area contributed by atoms with Crippen molar-refractivity contribution in [1.29, 1.82) is 0 Å². The Hall–Kier alpha value is -1.07. The van der Waals surface area contributed by atoms with Crippen molar-refractivity contribution in [2.45, 2.75) is 17.9 Å². The molecule has 0 radical (unpaired) electrons. The lowest BCUT2D eigenvalue weighted by Crippen LogP contribution is -2.04. The molecule has 1 atom stereocenters. The first-order valence-corrected chi connectivity index (χ1v) is 5.70. The average molecular weight is 244 g/mol. The van der Waals surface area contributed by atoms with Gasteiger partial charge in [-0.05, 0) is 30.7 Å². The summed E-state index contributed by atoms with van der Waals surface area (Å²) in [6.45, 7) is 1.55. The number of hydrogen-bond acceptors (Lipinski definition) is 4. The Morgan fingerprint density at radius 2 is 2.31 bits per heavy atom. The van der Waals surface area contributed by atoms with Gasteiger partial charge in [0.1, 0.15) is 5.82 Å². The topological polar surface area (TPSA) is 46.5 Å². The number of halogens is 1. The molecule has 0 fully saturated rings. The summed E-state index contributed by atoms with van der Waals surface area (Å²) in [5.74, 6) is -0.619. The molecule has 0 aromatic heterocycles. The Balaban J connectivity index is 2.82. The second kappa shape index (κ2) is 5.86. The molecule has 1 aromatic carbocycles. The third-order valence-electron chi connectivity index (χ3n) is 2.00. The van der Waals surface area contributed by atoms with Crippen LogP contribution < -0.4 is 0 Å². The Bertz CT molecular complexity index is 379. The minimum Gasteiger partial charge on any atom is -0.468 e. The van der Waals surface area contributed by atoms with Gasteiger partial charge >= 0.3 is 5.97 Å². The van der Waals surface area contributed by atoms with E-state index in [2.05, 4.69) is 4.74 Å². The Kier molecular flexibility index (Phi) is 4.76. The van der Waals surface area contributed by atoms with Crippen LogP contribution in [-0.2, 0) is 9.53 Å². The molecule has 88 valence electrons. The first kappa shape index (κ1) is 13.0. The van der Waals surface area contributed by atoms with Gasteiger partial charge in [0.2, 0.25) is 0 Å². The van der Waals surface area contributed by atoms with Crippen LogP contribution in [0.3, 0.4) is 0 Å². The van der Waals surface area contributed by atoms with Crippen LogP contribution >= 0.6 is 11.8 Å². The van der Waals surface area contributed by atoms with Crippen LogP contribution in [0.2, 0.25) is 0 Å². The van der Waals surface area contributed by atoms with Crippen molar-refractivity contribution in [2.24, 2.45) is 0 Å². The Morgan fingerprint density at radius 3 is 2.88 bits per heavy atom. The van der Waals surface area contributed by atoms with Gasteiger partial charge in [0.25, 0.3) is 0 Å². The highest BCUT2D eigenvalue weighted by molar-refractivity contribution is 8.00. The second-order valence-corrected chi connectivity index (χ2v) is 4.24. The zero-order chi connectivity index (χ0) is 12.1. The van der Waals surface area contributed by atoms with E-state index in [0.717, 1.165) is 0 Å². The maximum absolute atomic E-state index is 13.0. The number of aliphatic hydroxyl groups is 1. The molecule has 0 bridgehead atoms. The van der Waals surface area contributed by atoms with E-state index >= 15 is 0 Å². The van der Waals surface area contributed by atoms with Crippen molar-refractivity contribution in [1.82, 2.24) is 0 Å². The van der Waals surface area contributed by atoms with Gasteiger partial charge in [-0.1, -0.05) is 0 Å². The van der Waals surface area contributed by atoms with Gasteiger partial charge in [-0.25, -0.2) is 4.39 Å². The fourth-order valence-electron chi connectivity index (χ4n) is 1.17. The molecule has 0 saturated carbocycles. The predicted molar refractivity (Wildman–Crippen MR) is 59.8 cm³/mol. The normalized spacial score (nSPS) is 12.2. The monoisotopic (exact) mass is 244 g/mol. The minimum absolute atomic E-state index is 0.141. The number of hydrogen-bond donors (Lipinski definition) is 1. The van der Waals surface area contributed by atoms with Crippen LogP contribution in [0, 0.1) is 5.82 Å². The van der Waals surface area contributed by atoms with Crippen LogP contribution in [0.4, 0.5) is 4.39 Å². The molecule has 1 N–H and O–H groups in total.